The number of esters is 4. The highest BCUT2D eigenvalue weighted by Gasteiger charge is 2.20. The highest BCUT2D eigenvalue weighted by molar-refractivity contribution is 5.91. The Morgan fingerprint density at radius 1 is 0.714 bits per heavy atom. The molecule has 0 fully saturated rings. The van der Waals surface area contributed by atoms with E-state index in [2.05, 4.69) is 56.0 Å². The molecular formula is C40H54O9. The minimum atomic E-state index is -0.758. The smallest absolute Gasteiger partial charge is 0.333 e. The van der Waals surface area contributed by atoms with Gasteiger partial charge in [-0.1, -0.05) is 77.0 Å². The van der Waals surface area contributed by atoms with Crippen molar-refractivity contribution in [2.75, 3.05) is 33.5 Å². The molecule has 2 rings (SSSR count). The predicted octanol–water partition coefficient (Wildman–Crippen LogP) is 7.70. The van der Waals surface area contributed by atoms with Crippen LogP contribution in [0.2, 0.25) is 0 Å². The van der Waals surface area contributed by atoms with Crippen LogP contribution >= 0.6 is 0 Å². The standard InChI is InChI=1S/C40H54O9/c1-8-10-11-12-13-15-30-17-19-35(32(9-2)22-30)33-18-20-36(34(23-33)16-14-21-46-39(43)28(3)4)47-25-31(27-49-40(44)29(5)6)26-48-38(42)24-37(41)45-7/h17-20,22-23,31H,3,5,8-16,21,24-27H2,1-2,4,6-7H3. The molecule has 49 heavy (non-hydrogen) atoms. The lowest BCUT2D eigenvalue weighted by Crippen LogP contribution is -2.27. The molecule has 1 atom stereocenters. The normalized spacial score (nSPS) is 11.3. The van der Waals surface area contributed by atoms with E-state index in [0.717, 1.165) is 29.5 Å². The quantitative estimate of drug-likeness (QED) is 0.0383. The molecule has 0 aliphatic carbocycles. The maximum absolute atomic E-state index is 12.1. The highest BCUT2D eigenvalue weighted by atomic mass is 16.6. The van der Waals surface area contributed by atoms with Crippen LogP contribution < -0.4 is 4.74 Å². The molecule has 0 aromatic heterocycles. The predicted molar refractivity (Wildman–Crippen MR) is 190 cm³/mol. The number of methoxy groups -OCH3 is 1. The fourth-order valence-electron chi connectivity index (χ4n) is 5.06. The van der Waals surface area contributed by atoms with Gasteiger partial charge in [-0.05, 0) is 85.9 Å². The molecule has 9 nitrogen and oxygen atoms in total. The third-order valence-corrected chi connectivity index (χ3v) is 7.93. The molecular weight excluding hydrogens is 624 g/mol. The zero-order valence-corrected chi connectivity index (χ0v) is 30.0. The monoisotopic (exact) mass is 678 g/mol. The van der Waals surface area contributed by atoms with Crippen LogP contribution in [0.3, 0.4) is 0 Å². The topological polar surface area (TPSA) is 114 Å². The number of aryl methyl sites for hydroxylation is 3. The summed E-state index contributed by atoms with van der Waals surface area (Å²) in [6.07, 6.45) is 8.78. The molecule has 0 amide bonds. The van der Waals surface area contributed by atoms with E-state index in [1.54, 1.807) is 6.92 Å². The fourth-order valence-corrected chi connectivity index (χ4v) is 5.06. The van der Waals surface area contributed by atoms with Crippen molar-refractivity contribution in [1.29, 1.82) is 0 Å². The van der Waals surface area contributed by atoms with E-state index in [4.69, 9.17) is 18.9 Å². The molecule has 0 aliphatic heterocycles. The summed E-state index contributed by atoms with van der Waals surface area (Å²) in [6, 6.07) is 12.8. The third-order valence-electron chi connectivity index (χ3n) is 7.93. The number of unbranched alkanes of at least 4 members (excludes halogenated alkanes) is 4. The van der Waals surface area contributed by atoms with Crippen LogP contribution in [0.5, 0.6) is 5.75 Å². The summed E-state index contributed by atoms with van der Waals surface area (Å²) in [7, 11) is 1.19. The minimum Gasteiger partial charge on any atom is -0.493 e. The fraction of sp³-hybridized carbons (Fsp3) is 0.500. The van der Waals surface area contributed by atoms with Gasteiger partial charge in [0.15, 0.2) is 0 Å². The molecule has 0 heterocycles. The Balaban J connectivity index is 2.29. The minimum absolute atomic E-state index is 0.0547. The number of hydrogen-bond donors (Lipinski definition) is 0. The van der Waals surface area contributed by atoms with Crippen molar-refractivity contribution in [3.05, 3.63) is 77.4 Å². The van der Waals surface area contributed by atoms with Gasteiger partial charge in [0.05, 0.1) is 26.2 Å². The van der Waals surface area contributed by atoms with Gasteiger partial charge in [0.25, 0.3) is 0 Å². The van der Waals surface area contributed by atoms with E-state index >= 15 is 0 Å². The Kier molecular flexibility index (Phi) is 18.5. The highest BCUT2D eigenvalue weighted by Crippen LogP contribution is 2.31. The first kappa shape index (κ1) is 40.8. The summed E-state index contributed by atoms with van der Waals surface area (Å²) < 4.78 is 26.7. The van der Waals surface area contributed by atoms with E-state index in [1.165, 1.54) is 57.3 Å². The number of hydrogen-bond acceptors (Lipinski definition) is 9. The zero-order valence-electron chi connectivity index (χ0n) is 30.0. The Bertz CT molecular complexity index is 1420. The summed E-state index contributed by atoms with van der Waals surface area (Å²) in [5.41, 5.74) is 6.31. The molecule has 0 radical (unpaired) electrons. The van der Waals surface area contributed by atoms with Gasteiger partial charge in [0.2, 0.25) is 0 Å². The van der Waals surface area contributed by atoms with E-state index in [0.29, 0.717) is 24.2 Å². The molecule has 0 saturated heterocycles. The van der Waals surface area contributed by atoms with Crippen LogP contribution in [0.4, 0.5) is 0 Å². The van der Waals surface area contributed by atoms with Gasteiger partial charge in [-0.2, -0.15) is 0 Å². The lowest BCUT2D eigenvalue weighted by molar-refractivity contribution is -0.154. The number of carbonyl (C=O) groups is 4. The van der Waals surface area contributed by atoms with Crippen LogP contribution in [0.1, 0.15) is 89.3 Å². The van der Waals surface area contributed by atoms with E-state index in [9.17, 15) is 19.2 Å². The summed E-state index contributed by atoms with van der Waals surface area (Å²) in [5, 5.41) is 0. The maximum Gasteiger partial charge on any atom is 0.333 e. The zero-order chi connectivity index (χ0) is 36.2. The maximum atomic E-state index is 12.1. The second-order valence-electron chi connectivity index (χ2n) is 12.3. The second-order valence-corrected chi connectivity index (χ2v) is 12.3. The van der Waals surface area contributed by atoms with Gasteiger partial charge in [-0.15, -0.1) is 0 Å². The van der Waals surface area contributed by atoms with Gasteiger partial charge >= 0.3 is 23.9 Å². The van der Waals surface area contributed by atoms with E-state index in [-0.39, 0.29) is 32.0 Å². The number of carbonyl (C=O) groups excluding carboxylic acids is 4. The summed E-state index contributed by atoms with van der Waals surface area (Å²) in [6.45, 7) is 14.8. The molecule has 9 heteroatoms. The molecule has 268 valence electrons. The molecule has 2 aromatic carbocycles. The SMILES string of the molecule is C=C(C)C(=O)OCCCc1cc(-c2ccc(CCCCCCC)cc2CC)ccc1OCC(COC(=O)CC(=O)OC)COC(=O)C(=C)C. The Labute approximate surface area is 292 Å². The van der Waals surface area contributed by atoms with Crippen LogP contribution in [-0.2, 0) is 57.4 Å². The Morgan fingerprint density at radius 2 is 1.41 bits per heavy atom. The second kappa shape index (κ2) is 22.3. The Morgan fingerprint density at radius 3 is 2.08 bits per heavy atom. The van der Waals surface area contributed by atoms with Crippen LogP contribution in [0.25, 0.3) is 11.1 Å². The average Bonchev–Trinajstić information content (AvgIpc) is 3.09. The summed E-state index contributed by atoms with van der Waals surface area (Å²) >= 11 is 0. The lowest BCUT2D eigenvalue weighted by Gasteiger charge is -2.20. The summed E-state index contributed by atoms with van der Waals surface area (Å²) in [4.78, 5) is 47.7. The van der Waals surface area contributed by atoms with Gasteiger partial charge in [-0.3, -0.25) is 9.59 Å². The van der Waals surface area contributed by atoms with Crippen molar-refractivity contribution < 1.29 is 42.9 Å². The Hall–Kier alpha value is -4.40. The molecule has 0 N–H and O–H groups in total. The van der Waals surface area contributed by atoms with E-state index in [1.807, 2.05) is 12.1 Å². The van der Waals surface area contributed by atoms with Crippen molar-refractivity contribution in [3.8, 4) is 16.9 Å². The third kappa shape index (κ3) is 15.1. The van der Waals surface area contributed by atoms with Crippen LogP contribution in [0, 0.1) is 5.92 Å². The number of benzene rings is 2. The summed E-state index contributed by atoms with van der Waals surface area (Å²) in [5.74, 6) is -2.41. The molecule has 0 spiro atoms. The van der Waals surface area contributed by atoms with Crippen molar-refractivity contribution in [2.45, 2.75) is 91.9 Å². The van der Waals surface area contributed by atoms with Crippen molar-refractivity contribution >= 4 is 23.9 Å². The first-order chi connectivity index (χ1) is 23.5. The molecule has 2 aromatic rings. The van der Waals surface area contributed by atoms with Gasteiger partial charge in [-0.25, -0.2) is 9.59 Å². The van der Waals surface area contributed by atoms with Crippen molar-refractivity contribution in [2.24, 2.45) is 5.92 Å². The molecule has 0 bridgehead atoms. The largest absolute Gasteiger partial charge is 0.493 e. The first-order valence-corrected chi connectivity index (χ1v) is 17.2. The number of rotatable bonds is 23. The molecule has 0 saturated carbocycles. The van der Waals surface area contributed by atoms with Crippen molar-refractivity contribution in [1.82, 2.24) is 0 Å². The molecule has 1 unspecified atom stereocenters. The first-order valence-electron chi connectivity index (χ1n) is 17.2. The molecule has 0 aliphatic rings. The van der Waals surface area contributed by atoms with Crippen LogP contribution in [0.15, 0.2) is 60.7 Å². The van der Waals surface area contributed by atoms with E-state index < -0.39 is 36.2 Å². The van der Waals surface area contributed by atoms with Gasteiger partial charge in [0.1, 0.15) is 25.4 Å². The van der Waals surface area contributed by atoms with Crippen LogP contribution in [-0.4, -0.2) is 57.4 Å². The van der Waals surface area contributed by atoms with Crippen molar-refractivity contribution in [3.63, 3.8) is 0 Å². The number of ether oxygens (including phenoxy) is 5. The average molecular weight is 679 g/mol. The lowest BCUT2D eigenvalue weighted by atomic mass is 9.92. The van der Waals surface area contributed by atoms with Gasteiger partial charge in [0, 0.05) is 11.1 Å². The van der Waals surface area contributed by atoms with Gasteiger partial charge < -0.3 is 23.7 Å².